The Kier molecular flexibility index (Phi) is 6.58. The molecule has 1 unspecified atom stereocenters. The van der Waals surface area contributed by atoms with Crippen molar-refractivity contribution in [2.45, 2.75) is 33.3 Å². The molecule has 0 saturated carbocycles. The molecule has 0 fully saturated rings. The van der Waals surface area contributed by atoms with Gasteiger partial charge in [0.2, 0.25) is 0 Å². The van der Waals surface area contributed by atoms with Gasteiger partial charge in [-0.2, -0.15) is 0 Å². The van der Waals surface area contributed by atoms with Gasteiger partial charge in [-0.25, -0.2) is 0 Å². The van der Waals surface area contributed by atoms with Crippen molar-refractivity contribution in [3.8, 4) is 11.5 Å². The summed E-state index contributed by atoms with van der Waals surface area (Å²) in [6.45, 7) is 8.42. The Hall–Kier alpha value is -1.22. The van der Waals surface area contributed by atoms with E-state index in [2.05, 4.69) is 26.1 Å². The monoisotopic (exact) mass is 251 g/mol. The Labute approximate surface area is 110 Å². The molecular formula is C15H25NO2. The van der Waals surface area contributed by atoms with Crippen LogP contribution < -0.4 is 14.8 Å². The van der Waals surface area contributed by atoms with Crippen molar-refractivity contribution in [3.63, 3.8) is 0 Å². The number of ether oxygens (including phenoxy) is 2. The third-order valence-electron chi connectivity index (χ3n) is 2.73. The average Bonchev–Trinajstić information content (AvgIpc) is 2.35. The lowest BCUT2D eigenvalue weighted by atomic mass is 10.1. The molecule has 1 atom stereocenters. The van der Waals surface area contributed by atoms with Crippen LogP contribution in [0.2, 0.25) is 0 Å². The smallest absolute Gasteiger partial charge is 0.161 e. The molecule has 0 spiro atoms. The topological polar surface area (TPSA) is 30.5 Å². The van der Waals surface area contributed by atoms with E-state index in [0.29, 0.717) is 0 Å². The lowest BCUT2D eigenvalue weighted by Crippen LogP contribution is -2.30. The number of para-hydroxylation sites is 2. The molecule has 0 heterocycles. The average molecular weight is 251 g/mol. The number of benzene rings is 1. The first kappa shape index (κ1) is 14.8. The van der Waals surface area contributed by atoms with Gasteiger partial charge in [0.05, 0.1) is 7.11 Å². The van der Waals surface area contributed by atoms with E-state index in [1.807, 2.05) is 24.3 Å². The molecule has 1 aromatic rings. The van der Waals surface area contributed by atoms with E-state index in [0.717, 1.165) is 30.5 Å². The first-order chi connectivity index (χ1) is 8.63. The summed E-state index contributed by atoms with van der Waals surface area (Å²) in [7, 11) is 1.66. The van der Waals surface area contributed by atoms with Gasteiger partial charge in [0.25, 0.3) is 0 Å². The molecule has 3 nitrogen and oxygen atoms in total. The molecule has 0 saturated heterocycles. The molecule has 18 heavy (non-hydrogen) atoms. The van der Waals surface area contributed by atoms with Crippen LogP contribution in [0.1, 0.15) is 27.2 Å². The molecule has 0 aromatic heterocycles. The van der Waals surface area contributed by atoms with Crippen molar-refractivity contribution in [2.75, 3.05) is 20.2 Å². The molecule has 0 aliphatic carbocycles. The van der Waals surface area contributed by atoms with Crippen molar-refractivity contribution in [1.82, 2.24) is 5.32 Å². The molecule has 1 aromatic carbocycles. The summed E-state index contributed by atoms with van der Waals surface area (Å²) in [5, 5.41) is 3.41. The molecular weight excluding hydrogens is 226 g/mol. The van der Waals surface area contributed by atoms with E-state index in [1.165, 1.54) is 6.42 Å². The molecule has 0 aliphatic heterocycles. The fourth-order valence-electron chi connectivity index (χ4n) is 1.67. The largest absolute Gasteiger partial charge is 0.493 e. The molecule has 1 rings (SSSR count). The predicted octanol–water partition coefficient (Wildman–Crippen LogP) is 3.10. The highest BCUT2D eigenvalue weighted by Crippen LogP contribution is 2.26. The highest BCUT2D eigenvalue weighted by atomic mass is 16.5. The van der Waals surface area contributed by atoms with Crippen LogP contribution >= 0.6 is 0 Å². The van der Waals surface area contributed by atoms with E-state index in [4.69, 9.17) is 9.47 Å². The van der Waals surface area contributed by atoms with Gasteiger partial charge < -0.3 is 14.8 Å². The van der Waals surface area contributed by atoms with Gasteiger partial charge in [-0.05, 0) is 37.9 Å². The third-order valence-corrected chi connectivity index (χ3v) is 2.73. The van der Waals surface area contributed by atoms with E-state index >= 15 is 0 Å². The number of hydrogen-bond donors (Lipinski definition) is 1. The van der Waals surface area contributed by atoms with Gasteiger partial charge in [-0.1, -0.05) is 26.0 Å². The molecule has 0 aliphatic rings. The zero-order valence-electron chi connectivity index (χ0n) is 11.9. The van der Waals surface area contributed by atoms with Crippen molar-refractivity contribution in [3.05, 3.63) is 24.3 Å². The zero-order valence-corrected chi connectivity index (χ0v) is 11.9. The SMILES string of the molecule is COc1ccccc1OC(C)CNCCC(C)C. The highest BCUT2D eigenvalue weighted by molar-refractivity contribution is 5.39. The second-order valence-electron chi connectivity index (χ2n) is 4.97. The van der Waals surface area contributed by atoms with Crippen LogP contribution in [-0.4, -0.2) is 26.3 Å². The van der Waals surface area contributed by atoms with Crippen molar-refractivity contribution in [2.24, 2.45) is 5.92 Å². The van der Waals surface area contributed by atoms with Gasteiger partial charge in [-0.3, -0.25) is 0 Å². The van der Waals surface area contributed by atoms with Crippen molar-refractivity contribution < 1.29 is 9.47 Å². The Morgan fingerprint density at radius 2 is 1.78 bits per heavy atom. The maximum atomic E-state index is 5.86. The Morgan fingerprint density at radius 1 is 1.11 bits per heavy atom. The summed E-state index contributed by atoms with van der Waals surface area (Å²) in [6, 6.07) is 7.74. The number of methoxy groups -OCH3 is 1. The number of hydrogen-bond acceptors (Lipinski definition) is 3. The minimum absolute atomic E-state index is 0.133. The minimum atomic E-state index is 0.133. The maximum Gasteiger partial charge on any atom is 0.161 e. The normalized spacial score (nSPS) is 12.5. The second-order valence-corrected chi connectivity index (χ2v) is 4.97. The Bertz CT molecular complexity index is 339. The molecule has 3 heteroatoms. The van der Waals surface area contributed by atoms with Crippen LogP contribution in [0.4, 0.5) is 0 Å². The van der Waals surface area contributed by atoms with Gasteiger partial charge >= 0.3 is 0 Å². The van der Waals surface area contributed by atoms with Crippen LogP contribution in [-0.2, 0) is 0 Å². The van der Waals surface area contributed by atoms with Crippen molar-refractivity contribution in [1.29, 1.82) is 0 Å². The number of nitrogens with one attached hydrogen (secondary N) is 1. The fraction of sp³-hybridized carbons (Fsp3) is 0.600. The van der Waals surface area contributed by atoms with Crippen LogP contribution in [0.3, 0.4) is 0 Å². The Balaban J connectivity index is 2.33. The predicted molar refractivity (Wildman–Crippen MR) is 75.4 cm³/mol. The molecule has 102 valence electrons. The van der Waals surface area contributed by atoms with Crippen molar-refractivity contribution >= 4 is 0 Å². The third kappa shape index (κ3) is 5.41. The maximum absolute atomic E-state index is 5.86. The molecule has 0 bridgehead atoms. The van der Waals surface area contributed by atoms with Crippen LogP contribution in [0.15, 0.2) is 24.3 Å². The van der Waals surface area contributed by atoms with Crippen LogP contribution in [0.5, 0.6) is 11.5 Å². The zero-order chi connectivity index (χ0) is 13.4. The van der Waals surface area contributed by atoms with E-state index in [1.54, 1.807) is 7.11 Å². The first-order valence-electron chi connectivity index (χ1n) is 6.64. The summed E-state index contributed by atoms with van der Waals surface area (Å²) in [4.78, 5) is 0. The summed E-state index contributed by atoms with van der Waals surface area (Å²) in [6.07, 6.45) is 1.33. The van der Waals surface area contributed by atoms with E-state index < -0.39 is 0 Å². The summed E-state index contributed by atoms with van der Waals surface area (Å²) < 4.78 is 11.1. The summed E-state index contributed by atoms with van der Waals surface area (Å²) in [5.74, 6) is 2.33. The molecule has 0 radical (unpaired) electrons. The van der Waals surface area contributed by atoms with E-state index in [-0.39, 0.29) is 6.10 Å². The van der Waals surface area contributed by atoms with Gasteiger partial charge in [0.1, 0.15) is 6.10 Å². The van der Waals surface area contributed by atoms with E-state index in [9.17, 15) is 0 Å². The summed E-state index contributed by atoms with van der Waals surface area (Å²) in [5.41, 5.74) is 0. The standard InChI is InChI=1S/C15H25NO2/c1-12(2)9-10-16-11-13(3)18-15-8-6-5-7-14(15)17-4/h5-8,12-13,16H,9-11H2,1-4H3. The summed E-state index contributed by atoms with van der Waals surface area (Å²) >= 11 is 0. The van der Waals surface area contributed by atoms with Crippen LogP contribution in [0, 0.1) is 5.92 Å². The molecule has 0 amide bonds. The van der Waals surface area contributed by atoms with Gasteiger partial charge in [-0.15, -0.1) is 0 Å². The molecule has 1 N–H and O–H groups in total. The highest BCUT2D eigenvalue weighted by Gasteiger charge is 2.07. The lowest BCUT2D eigenvalue weighted by Gasteiger charge is -2.17. The first-order valence-corrected chi connectivity index (χ1v) is 6.64. The Morgan fingerprint density at radius 3 is 2.39 bits per heavy atom. The second kappa shape index (κ2) is 7.98. The quantitative estimate of drug-likeness (QED) is 0.720. The fourth-order valence-corrected chi connectivity index (χ4v) is 1.67. The minimum Gasteiger partial charge on any atom is -0.493 e. The lowest BCUT2D eigenvalue weighted by molar-refractivity contribution is 0.207. The van der Waals surface area contributed by atoms with Gasteiger partial charge in [0.15, 0.2) is 11.5 Å². The number of rotatable bonds is 8. The van der Waals surface area contributed by atoms with Crippen LogP contribution in [0.25, 0.3) is 0 Å². The van der Waals surface area contributed by atoms with Gasteiger partial charge in [0, 0.05) is 6.54 Å².